The molecule has 3 aromatic carbocycles. The zero-order valence-electron chi connectivity index (χ0n) is 27.1. The quantitative estimate of drug-likeness (QED) is 0.155. The molecule has 1 aliphatic rings. The molecule has 0 spiro atoms. The van der Waals surface area contributed by atoms with Gasteiger partial charge in [-0.3, -0.25) is 9.59 Å². The van der Waals surface area contributed by atoms with Crippen LogP contribution in [0.4, 0.5) is 4.79 Å². The number of carboxylic acid groups (broad SMARTS) is 1. The molecule has 3 aromatic rings. The Bertz CT molecular complexity index is 1610. The Labute approximate surface area is 273 Å². The van der Waals surface area contributed by atoms with Crippen molar-refractivity contribution < 1.29 is 48.3 Å². The second-order valence-electron chi connectivity index (χ2n) is 12.2. The molecule has 0 aliphatic carbocycles. The number of hydrogen-bond donors (Lipinski definition) is 3. The third kappa shape index (κ3) is 8.59. The summed E-state index contributed by atoms with van der Waals surface area (Å²) in [6.07, 6.45) is -1.28. The maximum atomic E-state index is 13.4. The number of carbonyl (C=O) groups excluding carboxylic acids is 3. The van der Waals surface area contributed by atoms with Crippen LogP contribution in [0.25, 0.3) is 0 Å². The number of rotatable bonds is 10. The molecule has 0 unspecified atom stereocenters. The lowest BCUT2D eigenvalue weighted by Gasteiger charge is -2.28. The molecule has 47 heavy (non-hydrogen) atoms. The van der Waals surface area contributed by atoms with Crippen molar-refractivity contribution in [3.63, 3.8) is 0 Å². The SMILES string of the molecule is COCOc1ccc(OC)cc1C(=O)c1ccc(C(=O)O[C@@H]2CCCN(C(=O)O)C[C@H]2NC(=O)c2ccc(O)c(C(C)(C)C)c2)cc1. The van der Waals surface area contributed by atoms with E-state index < -0.39 is 35.5 Å². The number of aromatic hydroxyl groups is 1. The van der Waals surface area contributed by atoms with E-state index in [1.54, 1.807) is 24.3 Å². The minimum absolute atomic E-state index is 0.0584. The third-order valence-electron chi connectivity index (χ3n) is 7.84. The van der Waals surface area contributed by atoms with Crippen LogP contribution in [0.5, 0.6) is 17.2 Å². The number of phenols is 1. The van der Waals surface area contributed by atoms with Crippen molar-refractivity contribution in [2.45, 2.75) is 51.2 Å². The number of hydrogen-bond acceptors (Lipinski definition) is 9. The molecular formula is C35H40N2O10. The molecule has 0 aromatic heterocycles. The van der Waals surface area contributed by atoms with Crippen LogP contribution < -0.4 is 14.8 Å². The van der Waals surface area contributed by atoms with Crippen molar-refractivity contribution in [2.75, 3.05) is 34.1 Å². The van der Waals surface area contributed by atoms with Crippen LogP contribution in [0.15, 0.2) is 60.7 Å². The molecule has 0 bridgehead atoms. The Morgan fingerprint density at radius 3 is 2.26 bits per heavy atom. The van der Waals surface area contributed by atoms with Gasteiger partial charge in [-0.25, -0.2) is 9.59 Å². The highest BCUT2D eigenvalue weighted by molar-refractivity contribution is 6.11. The van der Waals surface area contributed by atoms with Gasteiger partial charge in [0.25, 0.3) is 5.91 Å². The molecule has 250 valence electrons. The summed E-state index contributed by atoms with van der Waals surface area (Å²) >= 11 is 0. The summed E-state index contributed by atoms with van der Waals surface area (Å²) < 4.78 is 21.6. The van der Waals surface area contributed by atoms with Crippen LogP contribution in [0.2, 0.25) is 0 Å². The van der Waals surface area contributed by atoms with E-state index in [0.717, 1.165) is 0 Å². The Balaban J connectivity index is 1.53. The van der Waals surface area contributed by atoms with Gasteiger partial charge in [-0.1, -0.05) is 32.9 Å². The molecule has 1 heterocycles. The van der Waals surface area contributed by atoms with Gasteiger partial charge >= 0.3 is 12.1 Å². The minimum Gasteiger partial charge on any atom is -0.508 e. The molecule has 3 N–H and O–H groups in total. The standard InChI is InChI=1S/C35H40N2O10/c1-35(2,3)26-17-23(12-14-28(26)38)32(40)36-27-19-37(34(42)43)16-6-7-30(27)47-33(41)22-10-8-21(9-11-22)31(39)25-18-24(45-5)13-15-29(25)46-20-44-4/h8-15,17-18,27,30,38H,6-7,16,19-20H2,1-5H3,(H,36,40)(H,42,43)/t27-,30-/m1/s1. The van der Waals surface area contributed by atoms with Crippen LogP contribution in [0, 0.1) is 0 Å². The van der Waals surface area contributed by atoms with Crippen molar-refractivity contribution >= 4 is 23.8 Å². The molecule has 1 saturated heterocycles. The van der Waals surface area contributed by atoms with Crippen molar-refractivity contribution in [2.24, 2.45) is 0 Å². The molecule has 2 amide bonds. The fourth-order valence-corrected chi connectivity index (χ4v) is 5.29. The first-order valence-corrected chi connectivity index (χ1v) is 15.1. The molecule has 12 heteroatoms. The number of ether oxygens (including phenoxy) is 4. The van der Waals surface area contributed by atoms with E-state index in [2.05, 4.69) is 5.32 Å². The van der Waals surface area contributed by atoms with E-state index in [1.165, 1.54) is 55.5 Å². The average Bonchev–Trinajstić information content (AvgIpc) is 3.25. The summed E-state index contributed by atoms with van der Waals surface area (Å²) in [6.45, 7) is 5.78. The Morgan fingerprint density at radius 2 is 1.62 bits per heavy atom. The lowest BCUT2D eigenvalue weighted by Crippen LogP contribution is -2.51. The number of nitrogens with one attached hydrogen (secondary N) is 1. The predicted molar refractivity (Wildman–Crippen MR) is 171 cm³/mol. The van der Waals surface area contributed by atoms with Gasteiger partial charge in [0.15, 0.2) is 12.6 Å². The first-order valence-electron chi connectivity index (χ1n) is 15.1. The van der Waals surface area contributed by atoms with Crippen molar-refractivity contribution in [3.8, 4) is 17.2 Å². The van der Waals surface area contributed by atoms with Gasteiger partial charge in [-0.2, -0.15) is 0 Å². The van der Waals surface area contributed by atoms with Crippen LogP contribution >= 0.6 is 0 Å². The van der Waals surface area contributed by atoms with Crippen LogP contribution in [-0.4, -0.2) is 85.1 Å². The zero-order valence-corrected chi connectivity index (χ0v) is 27.1. The second-order valence-corrected chi connectivity index (χ2v) is 12.2. The summed E-state index contributed by atoms with van der Waals surface area (Å²) in [7, 11) is 2.95. The number of esters is 1. The molecule has 4 rings (SSSR count). The van der Waals surface area contributed by atoms with Crippen LogP contribution in [0.3, 0.4) is 0 Å². The maximum absolute atomic E-state index is 13.4. The van der Waals surface area contributed by atoms with E-state index in [0.29, 0.717) is 29.9 Å². The number of methoxy groups -OCH3 is 2. The Kier molecular flexibility index (Phi) is 11.1. The van der Waals surface area contributed by atoms with Gasteiger partial charge in [0.1, 0.15) is 23.4 Å². The number of benzene rings is 3. The zero-order chi connectivity index (χ0) is 34.3. The molecule has 1 fully saturated rings. The fourth-order valence-electron chi connectivity index (χ4n) is 5.29. The van der Waals surface area contributed by atoms with Gasteiger partial charge < -0.3 is 39.4 Å². The first kappa shape index (κ1) is 34.8. The summed E-state index contributed by atoms with van der Waals surface area (Å²) in [4.78, 5) is 53.1. The number of carbonyl (C=O) groups is 4. The second kappa shape index (κ2) is 15.0. The molecule has 0 saturated carbocycles. The molecule has 2 atom stereocenters. The molecule has 1 aliphatic heterocycles. The summed E-state index contributed by atoms with van der Waals surface area (Å²) in [5.74, 6) is -0.724. The van der Waals surface area contributed by atoms with Crippen molar-refractivity contribution in [1.82, 2.24) is 10.2 Å². The number of ketones is 1. The van der Waals surface area contributed by atoms with Gasteiger partial charge in [-0.15, -0.1) is 0 Å². The first-order chi connectivity index (χ1) is 22.3. The highest BCUT2D eigenvalue weighted by atomic mass is 16.7. The van der Waals surface area contributed by atoms with Crippen LogP contribution in [-0.2, 0) is 14.9 Å². The fraction of sp³-hybridized carbons (Fsp3) is 0.371. The van der Waals surface area contributed by atoms with E-state index >= 15 is 0 Å². The number of nitrogens with zero attached hydrogens (tertiary/aromatic N) is 1. The maximum Gasteiger partial charge on any atom is 0.407 e. The smallest absolute Gasteiger partial charge is 0.407 e. The van der Waals surface area contributed by atoms with E-state index in [4.69, 9.17) is 18.9 Å². The minimum atomic E-state index is -1.15. The highest BCUT2D eigenvalue weighted by Crippen LogP contribution is 2.31. The van der Waals surface area contributed by atoms with E-state index in [1.807, 2.05) is 20.8 Å². The van der Waals surface area contributed by atoms with Gasteiger partial charge in [0.05, 0.1) is 24.3 Å². The normalized spacial score (nSPS) is 16.5. The molecule has 0 radical (unpaired) electrons. The highest BCUT2D eigenvalue weighted by Gasteiger charge is 2.34. The van der Waals surface area contributed by atoms with Crippen LogP contribution in [0.1, 0.15) is 75.8 Å². The average molecular weight is 649 g/mol. The lowest BCUT2D eigenvalue weighted by atomic mass is 9.85. The summed E-state index contributed by atoms with van der Waals surface area (Å²) in [6, 6.07) is 14.4. The Hall–Kier alpha value is -5.10. The number of amides is 2. The number of likely N-dealkylation sites (tertiary alicyclic amines) is 1. The van der Waals surface area contributed by atoms with E-state index in [-0.39, 0.29) is 53.7 Å². The van der Waals surface area contributed by atoms with E-state index in [9.17, 15) is 29.4 Å². The topological polar surface area (TPSA) is 161 Å². The van der Waals surface area contributed by atoms with Gasteiger partial charge in [0.2, 0.25) is 0 Å². The summed E-state index contributed by atoms with van der Waals surface area (Å²) in [5, 5.41) is 22.9. The lowest BCUT2D eigenvalue weighted by molar-refractivity contribution is 0.0179. The van der Waals surface area contributed by atoms with Crippen molar-refractivity contribution in [1.29, 1.82) is 0 Å². The largest absolute Gasteiger partial charge is 0.508 e. The monoisotopic (exact) mass is 648 g/mol. The molecular weight excluding hydrogens is 608 g/mol. The van der Waals surface area contributed by atoms with Crippen molar-refractivity contribution in [3.05, 3.63) is 88.5 Å². The number of phenolic OH excluding ortho intramolecular Hbond substituents is 1. The molecule has 12 nitrogen and oxygen atoms in total. The third-order valence-corrected chi connectivity index (χ3v) is 7.84. The predicted octanol–water partition coefficient (Wildman–Crippen LogP) is 5.01. The van der Waals surface area contributed by atoms with Gasteiger partial charge in [0, 0.05) is 36.9 Å². The summed E-state index contributed by atoms with van der Waals surface area (Å²) in [5.41, 5.74) is 1.12. The van der Waals surface area contributed by atoms with Gasteiger partial charge in [-0.05, 0) is 66.8 Å². The Morgan fingerprint density at radius 1 is 0.936 bits per heavy atom.